The first-order valence-electron chi connectivity index (χ1n) is 3.77. The average molecular weight is 195 g/mol. The van der Waals surface area contributed by atoms with Gasteiger partial charge < -0.3 is 5.11 Å². The maximum atomic E-state index is 8.78. The van der Waals surface area contributed by atoms with Gasteiger partial charge in [0, 0.05) is 11.4 Å². The first kappa shape index (κ1) is 9.96. The van der Waals surface area contributed by atoms with E-state index in [1.165, 1.54) is 18.0 Å². The minimum Gasteiger partial charge on any atom is -0.395 e. The third-order valence-corrected chi connectivity index (χ3v) is 2.27. The van der Waals surface area contributed by atoms with E-state index in [1.54, 1.807) is 6.07 Å². The van der Waals surface area contributed by atoms with E-state index in [-0.39, 0.29) is 11.9 Å². The Morgan fingerprint density at radius 3 is 3.15 bits per heavy atom. The molecule has 0 saturated heterocycles. The lowest BCUT2D eigenvalue weighted by molar-refractivity contribution is 0.300. The highest BCUT2D eigenvalue weighted by molar-refractivity contribution is 7.99. The SMILES string of the molecule is CC(CO)Sc1nccc(C#N)n1. The molecule has 1 aromatic heterocycles. The molecule has 0 spiro atoms. The summed E-state index contributed by atoms with van der Waals surface area (Å²) in [6, 6.07) is 3.48. The summed E-state index contributed by atoms with van der Waals surface area (Å²) < 4.78 is 0. The predicted molar refractivity (Wildman–Crippen MR) is 49.2 cm³/mol. The van der Waals surface area contributed by atoms with E-state index in [4.69, 9.17) is 10.4 Å². The molecule has 1 heterocycles. The Morgan fingerprint density at radius 1 is 1.77 bits per heavy atom. The van der Waals surface area contributed by atoms with Crippen molar-refractivity contribution in [3.8, 4) is 6.07 Å². The molecule has 1 N–H and O–H groups in total. The number of hydrogen-bond acceptors (Lipinski definition) is 5. The van der Waals surface area contributed by atoms with Crippen LogP contribution in [0.1, 0.15) is 12.6 Å². The molecule has 0 aliphatic carbocycles. The van der Waals surface area contributed by atoms with E-state index in [0.29, 0.717) is 10.9 Å². The van der Waals surface area contributed by atoms with Crippen molar-refractivity contribution in [2.75, 3.05) is 6.61 Å². The smallest absolute Gasteiger partial charge is 0.189 e. The molecule has 0 aliphatic rings. The molecule has 0 fully saturated rings. The summed E-state index contributed by atoms with van der Waals surface area (Å²) in [5.74, 6) is 0. The molecule has 1 aromatic rings. The number of thioether (sulfide) groups is 1. The maximum absolute atomic E-state index is 8.78. The quantitative estimate of drug-likeness (QED) is 0.571. The summed E-state index contributed by atoms with van der Waals surface area (Å²) in [4.78, 5) is 7.92. The molecule has 4 nitrogen and oxygen atoms in total. The fraction of sp³-hybridized carbons (Fsp3) is 0.375. The van der Waals surface area contributed by atoms with Gasteiger partial charge in [0.05, 0.1) is 6.61 Å². The third-order valence-electron chi connectivity index (χ3n) is 1.31. The zero-order chi connectivity index (χ0) is 9.68. The largest absolute Gasteiger partial charge is 0.395 e. The first-order valence-corrected chi connectivity index (χ1v) is 4.65. The van der Waals surface area contributed by atoms with Crippen molar-refractivity contribution >= 4 is 11.8 Å². The fourth-order valence-corrected chi connectivity index (χ4v) is 1.38. The van der Waals surface area contributed by atoms with Gasteiger partial charge in [-0.3, -0.25) is 0 Å². The number of hydrogen-bond donors (Lipinski definition) is 1. The second kappa shape index (κ2) is 4.80. The van der Waals surface area contributed by atoms with E-state index in [9.17, 15) is 0 Å². The Labute approximate surface area is 80.6 Å². The van der Waals surface area contributed by atoms with Gasteiger partial charge in [-0.1, -0.05) is 18.7 Å². The molecule has 1 rings (SSSR count). The van der Waals surface area contributed by atoms with Crippen molar-refractivity contribution in [3.63, 3.8) is 0 Å². The van der Waals surface area contributed by atoms with Gasteiger partial charge in [-0.2, -0.15) is 5.26 Å². The van der Waals surface area contributed by atoms with Crippen LogP contribution < -0.4 is 0 Å². The molecule has 1 atom stereocenters. The van der Waals surface area contributed by atoms with Gasteiger partial charge in [0.25, 0.3) is 0 Å². The molecule has 13 heavy (non-hydrogen) atoms. The van der Waals surface area contributed by atoms with Gasteiger partial charge >= 0.3 is 0 Å². The molecule has 0 radical (unpaired) electrons. The normalized spacial score (nSPS) is 12.1. The van der Waals surface area contributed by atoms with E-state index in [2.05, 4.69) is 9.97 Å². The summed E-state index contributed by atoms with van der Waals surface area (Å²) in [7, 11) is 0. The molecule has 0 amide bonds. The van der Waals surface area contributed by atoms with Crippen molar-refractivity contribution in [2.24, 2.45) is 0 Å². The van der Waals surface area contributed by atoms with Crippen molar-refractivity contribution in [2.45, 2.75) is 17.3 Å². The molecule has 0 aliphatic heterocycles. The molecule has 68 valence electrons. The summed E-state index contributed by atoms with van der Waals surface area (Å²) in [5, 5.41) is 17.9. The Bertz CT molecular complexity index is 323. The minimum absolute atomic E-state index is 0.0499. The Kier molecular flexibility index (Phi) is 3.68. The van der Waals surface area contributed by atoms with Crippen LogP contribution in [0.2, 0.25) is 0 Å². The zero-order valence-corrected chi connectivity index (χ0v) is 7.95. The van der Waals surface area contributed by atoms with Gasteiger partial charge in [-0.15, -0.1) is 0 Å². The summed E-state index contributed by atoms with van der Waals surface area (Å²) >= 11 is 1.35. The van der Waals surface area contributed by atoms with Crippen LogP contribution in [-0.2, 0) is 0 Å². The molecule has 0 bridgehead atoms. The maximum Gasteiger partial charge on any atom is 0.189 e. The van der Waals surface area contributed by atoms with Gasteiger partial charge in [0.2, 0.25) is 0 Å². The lowest BCUT2D eigenvalue weighted by Crippen LogP contribution is -2.03. The highest BCUT2D eigenvalue weighted by Gasteiger charge is 2.05. The van der Waals surface area contributed by atoms with Gasteiger partial charge in [0.15, 0.2) is 5.16 Å². The first-order chi connectivity index (χ1) is 6.26. The van der Waals surface area contributed by atoms with Crippen molar-refractivity contribution < 1.29 is 5.11 Å². The molecule has 5 heteroatoms. The number of aliphatic hydroxyl groups excluding tert-OH is 1. The van der Waals surface area contributed by atoms with Crippen LogP contribution in [-0.4, -0.2) is 26.9 Å². The fourth-order valence-electron chi connectivity index (χ4n) is 0.677. The van der Waals surface area contributed by atoms with Crippen LogP contribution in [0.4, 0.5) is 0 Å². The lowest BCUT2D eigenvalue weighted by Gasteiger charge is -2.04. The number of aliphatic hydroxyl groups is 1. The molecular formula is C8H9N3OS. The number of aromatic nitrogens is 2. The minimum atomic E-state index is 0.0499. The number of nitrogens with zero attached hydrogens (tertiary/aromatic N) is 3. The number of rotatable bonds is 3. The van der Waals surface area contributed by atoms with Crippen LogP contribution in [0, 0.1) is 11.3 Å². The van der Waals surface area contributed by atoms with Crippen molar-refractivity contribution in [1.29, 1.82) is 5.26 Å². The van der Waals surface area contributed by atoms with Gasteiger partial charge in [-0.25, -0.2) is 9.97 Å². The van der Waals surface area contributed by atoms with Crippen LogP contribution >= 0.6 is 11.8 Å². The van der Waals surface area contributed by atoms with Gasteiger partial charge in [0.1, 0.15) is 11.8 Å². The zero-order valence-electron chi connectivity index (χ0n) is 7.14. The van der Waals surface area contributed by atoms with Crippen LogP contribution in [0.3, 0.4) is 0 Å². The van der Waals surface area contributed by atoms with E-state index in [1.807, 2.05) is 13.0 Å². The van der Waals surface area contributed by atoms with Crippen LogP contribution in [0.25, 0.3) is 0 Å². The summed E-state index contributed by atoms with van der Waals surface area (Å²) in [6.45, 7) is 1.94. The monoisotopic (exact) mass is 195 g/mol. The highest BCUT2D eigenvalue weighted by atomic mass is 32.2. The van der Waals surface area contributed by atoms with Crippen LogP contribution in [0.15, 0.2) is 17.4 Å². The molecule has 0 saturated carbocycles. The predicted octanol–water partition coefficient (Wildman–Crippen LogP) is 0.821. The second-order valence-corrected chi connectivity index (χ2v) is 3.85. The van der Waals surface area contributed by atoms with E-state index < -0.39 is 0 Å². The molecular weight excluding hydrogens is 186 g/mol. The summed E-state index contributed by atoms with van der Waals surface area (Å²) in [5.41, 5.74) is 0.350. The Balaban J connectivity index is 2.73. The standard InChI is InChI=1S/C8H9N3OS/c1-6(5-12)13-8-10-3-2-7(4-9)11-8/h2-3,6,12H,5H2,1H3. The molecule has 0 aromatic carbocycles. The second-order valence-electron chi connectivity index (χ2n) is 2.45. The number of nitriles is 1. The Morgan fingerprint density at radius 2 is 2.54 bits per heavy atom. The van der Waals surface area contributed by atoms with E-state index >= 15 is 0 Å². The lowest BCUT2D eigenvalue weighted by atomic mass is 10.5. The molecule has 1 unspecified atom stereocenters. The van der Waals surface area contributed by atoms with Crippen LogP contribution in [0.5, 0.6) is 0 Å². The summed E-state index contributed by atoms with van der Waals surface area (Å²) in [6.07, 6.45) is 1.54. The van der Waals surface area contributed by atoms with Crippen molar-refractivity contribution in [1.82, 2.24) is 9.97 Å². The highest BCUT2D eigenvalue weighted by Crippen LogP contribution is 2.17. The van der Waals surface area contributed by atoms with Gasteiger partial charge in [-0.05, 0) is 6.07 Å². The third kappa shape index (κ3) is 3.01. The average Bonchev–Trinajstić information content (AvgIpc) is 2.18. The van der Waals surface area contributed by atoms with E-state index in [0.717, 1.165) is 0 Å². The van der Waals surface area contributed by atoms with Crippen molar-refractivity contribution in [3.05, 3.63) is 18.0 Å². The Hall–Kier alpha value is -1.12. The topological polar surface area (TPSA) is 69.8 Å².